The van der Waals surface area contributed by atoms with E-state index in [-0.39, 0.29) is 5.97 Å². The van der Waals surface area contributed by atoms with Crippen LogP contribution < -0.4 is 10.5 Å². The topological polar surface area (TPSA) is 61.6 Å². The van der Waals surface area contributed by atoms with Gasteiger partial charge in [0.15, 0.2) is 0 Å². The minimum atomic E-state index is -0.386. The van der Waals surface area contributed by atoms with Crippen LogP contribution in [-0.2, 0) is 4.74 Å². The summed E-state index contributed by atoms with van der Waals surface area (Å²) < 4.78 is 11.4. The molecule has 0 atom stereocenters. The molecule has 0 unspecified atom stereocenters. The molecule has 0 aliphatic carbocycles. The molecule has 4 nitrogen and oxygen atoms in total. The minimum absolute atomic E-state index is 0.304. The fourth-order valence-corrected chi connectivity index (χ4v) is 2.26. The number of carbonyl (C=O) groups excluding carboxylic acids is 1. The zero-order valence-corrected chi connectivity index (χ0v) is 13.0. The van der Waals surface area contributed by atoms with Gasteiger partial charge in [-0.15, -0.1) is 0 Å². The van der Waals surface area contributed by atoms with Crippen LogP contribution in [0.2, 0.25) is 0 Å². The number of anilines is 1. The molecule has 0 fully saturated rings. The molecule has 0 saturated carbocycles. The van der Waals surface area contributed by atoms with Gasteiger partial charge in [0.1, 0.15) is 5.75 Å². The minimum Gasteiger partial charge on any atom is -0.493 e. The number of hydrogen-bond acceptors (Lipinski definition) is 4. The first-order valence-electron chi connectivity index (χ1n) is 6.56. The van der Waals surface area contributed by atoms with Gasteiger partial charge in [-0.25, -0.2) is 4.79 Å². The van der Waals surface area contributed by atoms with Crippen molar-refractivity contribution in [1.29, 1.82) is 0 Å². The molecule has 0 radical (unpaired) electrons. The van der Waals surface area contributed by atoms with E-state index in [9.17, 15) is 4.79 Å². The summed E-state index contributed by atoms with van der Waals surface area (Å²) in [5.74, 6) is 0.423. The number of nitrogens with two attached hydrogens (primary N) is 1. The van der Waals surface area contributed by atoms with Crippen molar-refractivity contribution in [2.45, 2.75) is 6.42 Å². The highest BCUT2D eigenvalue weighted by Crippen LogP contribution is 2.18. The Kier molecular flexibility index (Phi) is 5.63. The number of nitrogen functional groups attached to an aromatic ring is 1. The fourth-order valence-electron chi connectivity index (χ4n) is 1.74. The number of esters is 1. The zero-order chi connectivity index (χ0) is 15.1. The number of carbonyl (C=O) groups is 1. The molecule has 0 saturated heterocycles. The van der Waals surface area contributed by atoms with Crippen LogP contribution in [0, 0.1) is 0 Å². The third kappa shape index (κ3) is 5.11. The Bertz CT molecular complexity index is 581. The van der Waals surface area contributed by atoms with Crippen molar-refractivity contribution in [3.05, 3.63) is 58.6 Å². The molecule has 2 aromatic carbocycles. The monoisotopic (exact) mass is 349 g/mol. The van der Waals surface area contributed by atoms with E-state index in [0.717, 1.165) is 10.2 Å². The normalized spacial score (nSPS) is 10.1. The zero-order valence-electron chi connectivity index (χ0n) is 11.4. The second-order valence-corrected chi connectivity index (χ2v) is 5.34. The maximum atomic E-state index is 11.8. The van der Waals surface area contributed by atoms with Gasteiger partial charge < -0.3 is 15.2 Å². The quantitative estimate of drug-likeness (QED) is 0.491. The van der Waals surface area contributed by atoms with Crippen molar-refractivity contribution in [3.8, 4) is 5.75 Å². The molecule has 0 aliphatic rings. The van der Waals surface area contributed by atoms with E-state index >= 15 is 0 Å². The standard InChI is InChI=1S/C16H16BrNO3/c17-13-9-12(10-14(18)11-13)16(19)21-8-4-7-20-15-5-2-1-3-6-15/h1-3,5-6,9-11H,4,7-8,18H2. The summed E-state index contributed by atoms with van der Waals surface area (Å²) in [6.07, 6.45) is 0.629. The number of halogens is 1. The van der Waals surface area contributed by atoms with Gasteiger partial charge in [0.25, 0.3) is 0 Å². The molecule has 21 heavy (non-hydrogen) atoms. The van der Waals surface area contributed by atoms with E-state index in [1.807, 2.05) is 30.3 Å². The summed E-state index contributed by atoms with van der Waals surface area (Å²) in [6.45, 7) is 0.802. The van der Waals surface area contributed by atoms with Crippen LogP contribution in [0.5, 0.6) is 5.75 Å². The number of hydrogen-bond donors (Lipinski definition) is 1. The fraction of sp³-hybridized carbons (Fsp3) is 0.188. The van der Waals surface area contributed by atoms with Crippen molar-refractivity contribution in [1.82, 2.24) is 0 Å². The lowest BCUT2D eigenvalue weighted by molar-refractivity contribution is 0.0486. The Morgan fingerprint density at radius 3 is 2.57 bits per heavy atom. The smallest absolute Gasteiger partial charge is 0.338 e. The molecule has 0 amide bonds. The molecule has 2 rings (SSSR count). The second kappa shape index (κ2) is 7.69. The largest absolute Gasteiger partial charge is 0.493 e. The molecular formula is C16H16BrNO3. The Balaban J connectivity index is 1.72. The van der Waals surface area contributed by atoms with Crippen molar-refractivity contribution in [2.24, 2.45) is 0 Å². The van der Waals surface area contributed by atoms with Gasteiger partial charge in [0.05, 0.1) is 18.8 Å². The first-order chi connectivity index (χ1) is 10.1. The van der Waals surface area contributed by atoms with Crippen LogP contribution in [0.1, 0.15) is 16.8 Å². The van der Waals surface area contributed by atoms with Gasteiger partial charge in [0.2, 0.25) is 0 Å². The third-order valence-corrected chi connectivity index (χ3v) is 3.15. The molecule has 0 aliphatic heterocycles. The summed E-state index contributed by atoms with van der Waals surface area (Å²) in [7, 11) is 0. The summed E-state index contributed by atoms with van der Waals surface area (Å²) in [6, 6.07) is 14.5. The maximum absolute atomic E-state index is 11.8. The van der Waals surface area contributed by atoms with E-state index in [1.54, 1.807) is 18.2 Å². The van der Waals surface area contributed by atoms with E-state index in [1.165, 1.54) is 0 Å². The van der Waals surface area contributed by atoms with Crippen LogP contribution in [0.4, 0.5) is 5.69 Å². The van der Waals surface area contributed by atoms with Gasteiger partial charge >= 0.3 is 5.97 Å². The number of benzene rings is 2. The molecular weight excluding hydrogens is 334 g/mol. The van der Waals surface area contributed by atoms with Gasteiger partial charge in [-0.3, -0.25) is 0 Å². The van der Waals surface area contributed by atoms with Gasteiger partial charge in [-0.05, 0) is 30.3 Å². The van der Waals surface area contributed by atoms with Gasteiger partial charge in [-0.1, -0.05) is 34.1 Å². The van der Waals surface area contributed by atoms with Crippen LogP contribution in [0.15, 0.2) is 53.0 Å². The summed E-state index contributed by atoms with van der Waals surface area (Å²) >= 11 is 3.29. The highest BCUT2D eigenvalue weighted by atomic mass is 79.9. The van der Waals surface area contributed by atoms with E-state index in [0.29, 0.717) is 30.9 Å². The van der Waals surface area contributed by atoms with Crippen molar-refractivity contribution in [3.63, 3.8) is 0 Å². The predicted molar refractivity (Wildman–Crippen MR) is 85.4 cm³/mol. The van der Waals surface area contributed by atoms with Crippen molar-refractivity contribution >= 4 is 27.6 Å². The van der Waals surface area contributed by atoms with Gasteiger partial charge in [0, 0.05) is 16.6 Å². The van der Waals surface area contributed by atoms with Crippen molar-refractivity contribution < 1.29 is 14.3 Å². The summed E-state index contributed by atoms with van der Waals surface area (Å²) in [5, 5.41) is 0. The van der Waals surface area contributed by atoms with Crippen molar-refractivity contribution in [2.75, 3.05) is 18.9 Å². The van der Waals surface area contributed by atoms with Crippen LogP contribution in [-0.4, -0.2) is 19.2 Å². The summed E-state index contributed by atoms with van der Waals surface area (Å²) in [4.78, 5) is 11.8. The lowest BCUT2D eigenvalue weighted by atomic mass is 10.2. The molecule has 0 heterocycles. The van der Waals surface area contributed by atoms with Gasteiger partial charge in [-0.2, -0.15) is 0 Å². The Labute approximate surface area is 132 Å². The Morgan fingerprint density at radius 1 is 1.10 bits per heavy atom. The SMILES string of the molecule is Nc1cc(Br)cc(C(=O)OCCCOc2ccccc2)c1. The summed E-state index contributed by atoms with van der Waals surface area (Å²) in [5.41, 5.74) is 6.63. The molecule has 5 heteroatoms. The Morgan fingerprint density at radius 2 is 1.86 bits per heavy atom. The molecule has 0 bridgehead atoms. The third-order valence-electron chi connectivity index (χ3n) is 2.69. The van der Waals surface area contributed by atoms with E-state index < -0.39 is 0 Å². The van der Waals surface area contributed by atoms with Crippen LogP contribution in [0.25, 0.3) is 0 Å². The Hall–Kier alpha value is -2.01. The molecule has 2 aromatic rings. The average Bonchev–Trinajstić information content (AvgIpc) is 2.47. The average molecular weight is 350 g/mol. The molecule has 0 aromatic heterocycles. The molecule has 110 valence electrons. The number of rotatable bonds is 6. The molecule has 2 N–H and O–H groups in total. The van der Waals surface area contributed by atoms with E-state index in [4.69, 9.17) is 15.2 Å². The molecule has 0 spiro atoms. The first kappa shape index (κ1) is 15.4. The number of para-hydroxylation sites is 1. The highest BCUT2D eigenvalue weighted by Gasteiger charge is 2.08. The van der Waals surface area contributed by atoms with E-state index in [2.05, 4.69) is 15.9 Å². The second-order valence-electron chi connectivity index (χ2n) is 4.42. The van der Waals surface area contributed by atoms with Crippen LogP contribution >= 0.6 is 15.9 Å². The maximum Gasteiger partial charge on any atom is 0.338 e. The first-order valence-corrected chi connectivity index (χ1v) is 7.35. The lowest BCUT2D eigenvalue weighted by Crippen LogP contribution is -2.09. The van der Waals surface area contributed by atoms with Crippen LogP contribution in [0.3, 0.4) is 0 Å². The lowest BCUT2D eigenvalue weighted by Gasteiger charge is -2.07. The highest BCUT2D eigenvalue weighted by molar-refractivity contribution is 9.10. The number of ether oxygens (including phenoxy) is 2. The predicted octanol–water partition coefficient (Wildman–Crippen LogP) is 3.66.